The molecule has 0 aromatic carbocycles. The number of hydrogen-bond donors (Lipinski definition) is 1. The highest BCUT2D eigenvalue weighted by atomic mass is 19.3. The number of alkyl halides is 3. The first kappa shape index (κ1) is 25.2. The molecular weight excluding hydrogens is 487 g/mol. The molecule has 198 valence electrons. The molecule has 0 radical (unpaired) electrons. The minimum atomic E-state index is -2.56. The molecule has 2 atom stereocenters. The monoisotopic (exact) mass is 517 g/mol. The van der Waals surface area contributed by atoms with Crippen LogP contribution in [0.15, 0.2) is 36.7 Å². The van der Waals surface area contributed by atoms with Gasteiger partial charge in [0.2, 0.25) is 0 Å². The highest BCUT2D eigenvalue weighted by molar-refractivity contribution is 5.69. The number of ether oxygens (including phenoxy) is 2. The van der Waals surface area contributed by atoms with Gasteiger partial charge in [0.1, 0.15) is 35.6 Å². The lowest BCUT2D eigenvalue weighted by Gasteiger charge is -2.24. The lowest BCUT2D eigenvalue weighted by Crippen LogP contribution is -2.36. The molecule has 37 heavy (non-hydrogen) atoms. The number of nitrogens with one attached hydrogen (secondary N) is 1. The third kappa shape index (κ3) is 5.75. The molecule has 1 aliphatic carbocycles. The van der Waals surface area contributed by atoms with Crippen molar-refractivity contribution in [1.82, 2.24) is 19.3 Å². The van der Waals surface area contributed by atoms with E-state index in [-0.39, 0.29) is 19.0 Å². The molecule has 8 nitrogen and oxygen atoms in total. The first-order chi connectivity index (χ1) is 17.6. The van der Waals surface area contributed by atoms with Gasteiger partial charge < -0.3 is 19.7 Å². The number of pyridine rings is 2. The number of rotatable bonds is 7. The molecule has 1 saturated heterocycles. The Morgan fingerprint density at radius 2 is 2.03 bits per heavy atom. The number of halogens is 3. The average Bonchev–Trinajstić information content (AvgIpc) is 3.49. The van der Waals surface area contributed by atoms with Crippen molar-refractivity contribution in [2.24, 2.45) is 0 Å². The zero-order chi connectivity index (χ0) is 26.3. The number of carbonyl (C=O) groups excluding carboxylic acids is 1. The third-order valence-electron chi connectivity index (χ3n) is 6.27. The van der Waals surface area contributed by atoms with E-state index in [0.29, 0.717) is 28.6 Å². The van der Waals surface area contributed by atoms with Crippen LogP contribution in [0.2, 0.25) is 0 Å². The van der Waals surface area contributed by atoms with E-state index >= 15 is 0 Å². The van der Waals surface area contributed by atoms with Gasteiger partial charge in [-0.15, -0.1) is 0 Å². The predicted octanol–water partition coefficient (Wildman–Crippen LogP) is 5.29. The number of hydrogen-bond acceptors (Lipinski definition) is 6. The van der Waals surface area contributed by atoms with E-state index in [1.54, 1.807) is 45.2 Å². The molecule has 1 amide bonds. The predicted molar refractivity (Wildman–Crippen MR) is 132 cm³/mol. The fraction of sp³-hybridized carbons (Fsp3) is 0.500. The van der Waals surface area contributed by atoms with Crippen molar-refractivity contribution >= 4 is 17.6 Å². The summed E-state index contributed by atoms with van der Waals surface area (Å²) in [7, 11) is 0. The van der Waals surface area contributed by atoms with Gasteiger partial charge in [-0.05, 0) is 51.7 Å². The normalized spacial score (nSPS) is 20.0. The van der Waals surface area contributed by atoms with Crippen molar-refractivity contribution in [1.29, 1.82) is 0 Å². The lowest BCUT2D eigenvalue weighted by atomic mass is 10.1. The number of carbonyl (C=O) groups is 1. The number of amides is 1. The van der Waals surface area contributed by atoms with Crippen molar-refractivity contribution in [3.8, 4) is 17.1 Å². The highest BCUT2D eigenvalue weighted by Crippen LogP contribution is 2.45. The minimum Gasteiger partial charge on any atom is -0.487 e. The Morgan fingerprint density at radius 3 is 2.73 bits per heavy atom. The summed E-state index contributed by atoms with van der Waals surface area (Å²) in [6.45, 7) is 4.74. The van der Waals surface area contributed by atoms with E-state index in [4.69, 9.17) is 9.47 Å². The van der Waals surface area contributed by atoms with Crippen LogP contribution in [0.1, 0.15) is 45.1 Å². The number of fused-ring (bicyclic) bond motifs is 1. The van der Waals surface area contributed by atoms with Crippen molar-refractivity contribution in [2.45, 2.75) is 63.8 Å². The summed E-state index contributed by atoms with van der Waals surface area (Å²) in [6.07, 6.45) is 1.11. The number of likely N-dealkylation sites (tertiary alicyclic amines) is 1. The fourth-order valence-electron chi connectivity index (χ4n) is 4.41. The number of nitrogens with zero attached hydrogens (tertiary/aromatic N) is 4. The first-order valence-electron chi connectivity index (χ1n) is 12.4. The standard InChI is InChI=1S/C26H30F3N5O3/c1-26(2,3)37-25(35)33-12-17(27)19(13-33)32-23-6-4-5-18(31-23)20-10-30-24-9-21(36-14-22(28)29)16(11-34(20)24)15-7-8-15/h4-6,9-11,15,17,19,22H,7-8,12-14H2,1-3H3,(H,31,32)/t17-,19-/m0/s1. The molecule has 0 bridgehead atoms. The molecule has 4 heterocycles. The molecule has 0 spiro atoms. The van der Waals surface area contributed by atoms with Gasteiger partial charge in [-0.2, -0.15) is 0 Å². The molecule has 2 fully saturated rings. The van der Waals surface area contributed by atoms with Gasteiger partial charge in [0.05, 0.1) is 30.2 Å². The van der Waals surface area contributed by atoms with Gasteiger partial charge in [-0.25, -0.2) is 27.9 Å². The second kappa shape index (κ2) is 9.75. The fourth-order valence-corrected chi connectivity index (χ4v) is 4.41. The quantitative estimate of drug-likeness (QED) is 0.459. The molecule has 0 unspecified atom stereocenters. The summed E-state index contributed by atoms with van der Waals surface area (Å²) in [5, 5.41) is 3.11. The Morgan fingerprint density at radius 1 is 1.24 bits per heavy atom. The maximum atomic E-state index is 14.8. The summed E-state index contributed by atoms with van der Waals surface area (Å²) >= 11 is 0. The number of aromatic nitrogens is 3. The summed E-state index contributed by atoms with van der Waals surface area (Å²) in [4.78, 5) is 22.8. The van der Waals surface area contributed by atoms with Crippen LogP contribution in [-0.4, -0.2) is 69.3 Å². The third-order valence-corrected chi connectivity index (χ3v) is 6.27. The summed E-state index contributed by atoms with van der Waals surface area (Å²) < 4.78 is 52.8. The van der Waals surface area contributed by atoms with Gasteiger partial charge in [0, 0.05) is 24.4 Å². The summed E-state index contributed by atoms with van der Waals surface area (Å²) in [5.74, 6) is 1.16. The van der Waals surface area contributed by atoms with Crippen molar-refractivity contribution in [3.05, 3.63) is 42.2 Å². The van der Waals surface area contributed by atoms with Crippen molar-refractivity contribution in [3.63, 3.8) is 0 Å². The molecule has 1 aliphatic heterocycles. The Labute approximate surface area is 212 Å². The van der Waals surface area contributed by atoms with Gasteiger partial charge in [0.15, 0.2) is 0 Å². The highest BCUT2D eigenvalue weighted by Gasteiger charge is 2.37. The molecule has 5 rings (SSSR count). The van der Waals surface area contributed by atoms with E-state index < -0.39 is 36.9 Å². The topological polar surface area (TPSA) is 81.0 Å². The van der Waals surface area contributed by atoms with Crippen LogP contribution in [0.5, 0.6) is 5.75 Å². The largest absolute Gasteiger partial charge is 0.487 e. The average molecular weight is 518 g/mol. The van der Waals surface area contributed by atoms with Gasteiger partial charge >= 0.3 is 6.09 Å². The van der Waals surface area contributed by atoms with Crippen LogP contribution in [0.25, 0.3) is 17.0 Å². The van der Waals surface area contributed by atoms with Crippen molar-refractivity contribution < 1.29 is 27.4 Å². The minimum absolute atomic E-state index is 0.0561. The first-order valence-corrected chi connectivity index (χ1v) is 12.4. The Kier molecular flexibility index (Phi) is 6.63. The molecular formula is C26H30F3N5O3. The summed E-state index contributed by atoms with van der Waals surface area (Å²) in [5.41, 5.74) is 2.08. The van der Waals surface area contributed by atoms with E-state index in [0.717, 1.165) is 18.4 Å². The van der Waals surface area contributed by atoms with E-state index in [9.17, 15) is 18.0 Å². The number of anilines is 1. The zero-order valence-corrected chi connectivity index (χ0v) is 21.0. The Bertz CT molecular complexity index is 1290. The van der Waals surface area contributed by atoms with E-state index in [2.05, 4.69) is 15.3 Å². The van der Waals surface area contributed by atoms with Gasteiger partial charge in [-0.3, -0.25) is 4.40 Å². The maximum absolute atomic E-state index is 14.8. The summed E-state index contributed by atoms with van der Waals surface area (Å²) in [6, 6.07) is 6.41. The van der Waals surface area contributed by atoms with E-state index in [1.807, 2.05) is 16.7 Å². The van der Waals surface area contributed by atoms with Crippen molar-refractivity contribution in [2.75, 3.05) is 25.0 Å². The van der Waals surface area contributed by atoms with Crippen LogP contribution in [0.3, 0.4) is 0 Å². The smallest absolute Gasteiger partial charge is 0.410 e. The Hall–Kier alpha value is -3.50. The second-order valence-corrected chi connectivity index (χ2v) is 10.5. The maximum Gasteiger partial charge on any atom is 0.410 e. The molecule has 2 aliphatic rings. The number of imidazole rings is 1. The molecule has 1 saturated carbocycles. The zero-order valence-electron chi connectivity index (χ0n) is 21.0. The van der Waals surface area contributed by atoms with Crippen LogP contribution in [0.4, 0.5) is 23.8 Å². The SMILES string of the molecule is CC(C)(C)OC(=O)N1C[C@H](Nc2cccc(-c3cnc4cc(OCC(F)F)c(C5CC5)cn34)n2)[C@@H](F)C1. The molecule has 1 N–H and O–H groups in total. The van der Waals surface area contributed by atoms with Crippen LogP contribution in [-0.2, 0) is 4.74 Å². The van der Waals surface area contributed by atoms with Crippen LogP contribution >= 0.6 is 0 Å². The second-order valence-electron chi connectivity index (χ2n) is 10.5. The lowest BCUT2D eigenvalue weighted by molar-refractivity contribution is 0.0283. The van der Waals surface area contributed by atoms with Crippen LogP contribution in [0, 0.1) is 0 Å². The molecule has 3 aromatic heterocycles. The van der Waals surface area contributed by atoms with E-state index in [1.165, 1.54) is 4.90 Å². The van der Waals surface area contributed by atoms with Gasteiger partial charge in [-0.1, -0.05) is 6.07 Å². The Balaban J connectivity index is 1.35. The molecule has 11 heteroatoms. The van der Waals surface area contributed by atoms with Crippen LogP contribution < -0.4 is 10.1 Å². The molecule has 3 aromatic rings. The van der Waals surface area contributed by atoms with Gasteiger partial charge in [0.25, 0.3) is 6.43 Å².